The van der Waals surface area contributed by atoms with E-state index in [9.17, 15) is 4.79 Å². The van der Waals surface area contributed by atoms with Crippen LogP contribution in [0.5, 0.6) is 0 Å². The average Bonchev–Trinajstić information content (AvgIpc) is 2.80. The first-order chi connectivity index (χ1) is 10.2. The Morgan fingerprint density at radius 3 is 2.67 bits per heavy atom. The molecule has 3 N–H and O–H groups in total. The van der Waals surface area contributed by atoms with Gasteiger partial charge >= 0.3 is 0 Å². The van der Waals surface area contributed by atoms with Crippen LogP contribution in [-0.2, 0) is 6.54 Å². The molecule has 0 saturated heterocycles. The first kappa shape index (κ1) is 16.0. The molecule has 0 aliphatic heterocycles. The Morgan fingerprint density at radius 2 is 2.00 bits per heavy atom. The van der Waals surface area contributed by atoms with E-state index in [-0.39, 0.29) is 5.91 Å². The highest BCUT2D eigenvalue weighted by molar-refractivity contribution is 5.95. The minimum atomic E-state index is 0.0251. The molecule has 1 aliphatic rings. The molecule has 0 atom stereocenters. The molecule has 5 nitrogen and oxygen atoms in total. The maximum absolute atomic E-state index is 12.4. The number of carbonyl (C=O) groups excluding carboxylic acids is 1. The van der Waals surface area contributed by atoms with Crippen molar-refractivity contribution in [2.45, 2.75) is 70.9 Å². The lowest BCUT2D eigenvalue weighted by molar-refractivity contribution is 0.0929. The Balaban J connectivity index is 1.94. The Kier molecular flexibility index (Phi) is 6.23. The summed E-state index contributed by atoms with van der Waals surface area (Å²) < 4.78 is 1.87. The van der Waals surface area contributed by atoms with Crippen molar-refractivity contribution in [1.82, 2.24) is 15.1 Å². The summed E-state index contributed by atoms with van der Waals surface area (Å²) in [7, 11) is 0. The average molecular weight is 292 g/mol. The number of nitrogens with two attached hydrogens (primary N) is 1. The van der Waals surface area contributed by atoms with Gasteiger partial charge < -0.3 is 11.1 Å². The van der Waals surface area contributed by atoms with Gasteiger partial charge in [-0.25, -0.2) is 0 Å². The zero-order valence-corrected chi connectivity index (χ0v) is 13.1. The summed E-state index contributed by atoms with van der Waals surface area (Å²) >= 11 is 0. The molecule has 1 heterocycles. The molecule has 21 heavy (non-hydrogen) atoms. The molecular weight excluding hydrogens is 264 g/mol. The van der Waals surface area contributed by atoms with Crippen LogP contribution in [0.25, 0.3) is 0 Å². The van der Waals surface area contributed by atoms with Crippen LogP contribution in [0.2, 0.25) is 0 Å². The number of nitrogens with zero attached hydrogens (tertiary/aromatic N) is 2. The van der Waals surface area contributed by atoms with Gasteiger partial charge in [0.1, 0.15) is 0 Å². The standard InChI is InChI=1S/C16H28N4O/c1-13-15(12-18-20(13)11-7-10-17)16(21)19-14-8-5-3-2-4-6-9-14/h12,14H,2-11,17H2,1H3,(H,19,21). The second-order valence-electron chi connectivity index (χ2n) is 6.02. The minimum Gasteiger partial charge on any atom is -0.349 e. The first-order valence-electron chi connectivity index (χ1n) is 8.25. The lowest BCUT2D eigenvalue weighted by Crippen LogP contribution is -2.35. The molecule has 0 spiro atoms. The molecular formula is C16H28N4O. The summed E-state index contributed by atoms with van der Waals surface area (Å²) in [6.45, 7) is 3.37. The van der Waals surface area contributed by atoms with Crippen LogP contribution in [0.1, 0.15) is 67.4 Å². The van der Waals surface area contributed by atoms with E-state index in [0.29, 0.717) is 18.2 Å². The number of hydrogen-bond donors (Lipinski definition) is 2. The Hall–Kier alpha value is -1.36. The summed E-state index contributed by atoms with van der Waals surface area (Å²) in [6, 6.07) is 0.324. The smallest absolute Gasteiger partial charge is 0.254 e. The van der Waals surface area contributed by atoms with E-state index in [4.69, 9.17) is 5.73 Å². The maximum atomic E-state index is 12.4. The van der Waals surface area contributed by atoms with Gasteiger partial charge in [0.05, 0.1) is 11.8 Å². The number of hydrogen-bond acceptors (Lipinski definition) is 3. The molecule has 5 heteroatoms. The molecule has 1 aliphatic carbocycles. The van der Waals surface area contributed by atoms with Gasteiger partial charge in [-0.3, -0.25) is 9.48 Å². The van der Waals surface area contributed by atoms with Gasteiger partial charge in [0, 0.05) is 18.3 Å². The monoisotopic (exact) mass is 292 g/mol. The SMILES string of the molecule is Cc1c(C(=O)NC2CCCCCCC2)cnn1CCCN. The van der Waals surface area contributed by atoms with Gasteiger partial charge in [0.15, 0.2) is 0 Å². The van der Waals surface area contributed by atoms with Crippen molar-refractivity contribution < 1.29 is 4.79 Å². The second-order valence-corrected chi connectivity index (χ2v) is 6.02. The van der Waals surface area contributed by atoms with Crippen LogP contribution in [0.4, 0.5) is 0 Å². The van der Waals surface area contributed by atoms with E-state index >= 15 is 0 Å². The lowest BCUT2D eigenvalue weighted by Gasteiger charge is -2.20. The molecule has 1 amide bonds. The molecule has 1 aromatic rings. The number of carbonyl (C=O) groups is 1. The highest BCUT2D eigenvalue weighted by atomic mass is 16.1. The van der Waals surface area contributed by atoms with E-state index in [2.05, 4.69) is 10.4 Å². The van der Waals surface area contributed by atoms with Gasteiger partial charge in [-0.2, -0.15) is 5.10 Å². The van der Waals surface area contributed by atoms with Crippen LogP contribution in [-0.4, -0.2) is 28.3 Å². The van der Waals surface area contributed by atoms with Gasteiger partial charge in [-0.15, -0.1) is 0 Å². The maximum Gasteiger partial charge on any atom is 0.254 e. The quantitative estimate of drug-likeness (QED) is 0.875. The van der Waals surface area contributed by atoms with Gasteiger partial charge in [0.2, 0.25) is 0 Å². The minimum absolute atomic E-state index is 0.0251. The summed E-state index contributed by atoms with van der Waals surface area (Å²) in [5, 5.41) is 7.50. The van der Waals surface area contributed by atoms with Crippen LogP contribution in [0.3, 0.4) is 0 Å². The predicted molar refractivity (Wildman–Crippen MR) is 84.2 cm³/mol. The predicted octanol–water partition coefficient (Wildman–Crippen LogP) is 2.38. The fourth-order valence-electron chi connectivity index (χ4n) is 3.00. The third-order valence-electron chi connectivity index (χ3n) is 4.36. The number of aryl methyl sites for hydroxylation is 1. The molecule has 1 fully saturated rings. The van der Waals surface area contributed by atoms with Gasteiger partial charge in [-0.05, 0) is 32.7 Å². The highest BCUT2D eigenvalue weighted by Gasteiger charge is 2.18. The van der Waals surface area contributed by atoms with Crippen LogP contribution in [0, 0.1) is 6.92 Å². The molecule has 0 radical (unpaired) electrons. The molecule has 0 unspecified atom stereocenters. The van der Waals surface area contributed by atoms with Crippen molar-refractivity contribution in [3.05, 3.63) is 17.5 Å². The van der Waals surface area contributed by atoms with Crippen molar-refractivity contribution in [3.63, 3.8) is 0 Å². The second kappa shape index (κ2) is 8.17. The molecule has 2 rings (SSSR count). The van der Waals surface area contributed by atoms with Crippen molar-refractivity contribution in [3.8, 4) is 0 Å². The summed E-state index contributed by atoms with van der Waals surface area (Å²) in [5.74, 6) is 0.0251. The number of aromatic nitrogens is 2. The van der Waals surface area contributed by atoms with Gasteiger partial charge in [0.25, 0.3) is 5.91 Å². The zero-order valence-electron chi connectivity index (χ0n) is 13.1. The normalized spacial score (nSPS) is 17.2. The third kappa shape index (κ3) is 4.56. The Bertz CT molecular complexity index is 447. The fourth-order valence-corrected chi connectivity index (χ4v) is 3.00. The van der Waals surface area contributed by atoms with Crippen molar-refractivity contribution in [2.24, 2.45) is 5.73 Å². The van der Waals surface area contributed by atoms with Crippen LogP contribution in [0.15, 0.2) is 6.20 Å². The molecule has 1 saturated carbocycles. The summed E-state index contributed by atoms with van der Waals surface area (Å²) in [5.41, 5.74) is 7.16. The fraction of sp³-hybridized carbons (Fsp3) is 0.750. The lowest BCUT2D eigenvalue weighted by atomic mass is 9.96. The molecule has 0 aromatic carbocycles. The number of nitrogens with one attached hydrogen (secondary N) is 1. The van der Waals surface area contributed by atoms with E-state index < -0.39 is 0 Å². The van der Waals surface area contributed by atoms with E-state index in [0.717, 1.165) is 31.5 Å². The Morgan fingerprint density at radius 1 is 1.33 bits per heavy atom. The van der Waals surface area contributed by atoms with Crippen LogP contribution >= 0.6 is 0 Å². The van der Waals surface area contributed by atoms with Crippen LogP contribution < -0.4 is 11.1 Å². The number of rotatable bonds is 5. The van der Waals surface area contributed by atoms with E-state index in [1.165, 1.54) is 32.1 Å². The van der Waals surface area contributed by atoms with E-state index in [1.807, 2.05) is 11.6 Å². The van der Waals surface area contributed by atoms with Crippen molar-refractivity contribution >= 4 is 5.91 Å². The topological polar surface area (TPSA) is 72.9 Å². The van der Waals surface area contributed by atoms with Gasteiger partial charge in [-0.1, -0.05) is 32.1 Å². The first-order valence-corrected chi connectivity index (χ1v) is 8.25. The Labute approximate surface area is 127 Å². The van der Waals surface area contributed by atoms with E-state index in [1.54, 1.807) is 6.20 Å². The van der Waals surface area contributed by atoms with Crippen molar-refractivity contribution in [2.75, 3.05) is 6.54 Å². The van der Waals surface area contributed by atoms with Crippen molar-refractivity contribution in [1.29, 1.82) is 0 Å². The molecule has 118 valence electrons. The third-order valence-corrected chi connectivity index (χ3v) is 4.36. The highest BCUT2D eigenvalue weighted by Crippen LogP contribution is 2.18. The molecule has 0 bridgehead atoms. The molecule has 1 aromatic heterocycles. The zero-order chi connectivity index (χ0) is 15.1. The summed E-state index contributed by atoms with van der Waals surface area (Å²) in [4.78, 5) is 12.4. The summed E-state index contributed by atoms with van der Waals surface area (Å²) in [6.07, 6.45) is 11.1. The number of amides is 1. The largest absolute Gasteiger partial charge is 0.349 e.